The Morgan fingerprint density at radius 3 is 3.07 bits per heavy atom. The zero-order valence-electron chi connectivity index (χ0n) is 8.83. The molecule has 1 aliphatic rings. The maximum atomic E-state index is 12.8. The third-order valence-electron chi connectivity index (χ3n) is 2.65. The van der Waals surface area contributed by atoms with Crippen molar-refractivity contribution in [2.75, 3.05) is 6.54 Å². The normalized spacial score (nSPS) is 21.3. The second-order valence-electron chi connectivity index (χ2n) is 3.91. The molecule has 2 nitrogen and oxygen atoms in total. The van der Waals surface area contributed by atoms with E-state index in [2.05, 4.69) is 10.3 Å². The van der Waals surface area contributed by atoms with Gasteiger partial charge in [0.2, 0.25) is 0 Å². The standard InChI is InChI=1S/C12H15FN2/c1-9-7-10(13)4-5-12(9)15-8-11-3-2-6-14-11/h4-5,7-8,11,14H,2-3,6H2,1H3. The van der Waals surface area contributed by atoms with Crippen molar-refractivity contribution in [2.24, 2.45) is 4.99 Å². The predicted molar refractivity (Wildman–Crippen MR) is 60.3 cm³/mol. The Morgan fingerprint density at radius 2 is 2.40 bits per heavy atom. The monoisotopic (exact) mass is 206 g/mol. The van der Waals surface area contributed by atoms with Crippen molar-refractivity contribution in [3.63, 3.8) is 0 Å². The number of aliphatic imine (C=N–C) groups is 1. The van der Waals surface area contributed by atoms with E-state index in [1.165, 1.54) is 18.6 Å². The smallest absolute Gasteiger partial charge is 0.123 e. The summed E-state index contributed by atoms with van der Waals surface area (Å²) in [6, 6.07) is 5.06. The highest BCUT2D eigenvalue weighted by atomic mass is 19.1. The molecule has 0 bridgehead atoms. The molecule has 1 unspecified atom stereocenters. The summed E-state index contributed by atoms with van der Waals surface area (Å²) in [6.07, 6.45) is 4.27. The first-order chi connectivity index (χ1) is 7.25. The number of halogens is 1. The summed E-state index contributed by atoms with van der Waals surface area (Å²) >= 11 is 0. The first-order valence-electron chi connectivity index (χ1n) is 5.29. The van der Waals surface area contributed by atoms with Gasteiger partial charge < -0.3 is 5.32 Å². The summed E-state index contributed by atoms with van der Waals surface area (Å²) in [5.41, 5.74) is 1.73. The van der Waals surface area contributed by atoms with Crippen LogP contribution in [-0.2, 0) is 0 Å². The molecule has 0 saturated carbocycles. The van der Waals surface area contributed by atoms with Gasteiger partial charge >= 0.3 is 0 Å². The predicted octanol–water partition coefficient (Wildman–Crippen LogP) is 2.59. The molecule has 3 heteroatoms. The maximum absolute atomic E-state index is 12.8. The lowest BCUT2D eigenvalue weighted by Crippen LogP contribution is -2.22. The van der Waals surface area contributed by atoms with Crippen molar-refractivity contribution in [1.82, 2.24) is 5.32 Å². The zero-order chi connectivity index (χ0) is 10.7. The van der Waals surface area contributed by atoms with Crippen LogP contribution in [0, 0.1) is 12.7 Å². The van der Waals surface area contributed by atoms with Crippen molar-refractivity contribution >= 4 is 11.9 Å². The number of hydrogen-bond acceptors (Lipinski definition) is 2. The molecular formula is C12H15FN2. The van der Waals surface area contributed by atoms with Gasteiger partial charge in [-0.05, 0) is 50.1 Å². The average Bonchev–Trinajstić information content (AvgIpc) is 2.69. The maximum Gasteiger partial charge on any atom is 0.123 e. The van der Waals surface area contributed by atoms with Crippen LogP contribution in [0.25, 0.3) is 0 Å². The lowest BCUT2D eigenvalue weighted by Gasteiger charge is -2.03. The third-order valence-corrected chi connectivity index (χ3v) is 2.65. The van der Waals surface area contributed by atoms with E-state index in [0.717, 1.165) is 24.2 Å². The van der Waals surface area contributed by atoms with Crippen molar-refractivity contribution in [3.05, 3.63) is 29.6 Å². The Balaban J connectivity index is 2.09. The SMILES string of the molecule is Cc1cc(F)ccc1N=CC1CCCN1. The van der Waals surface area contributed by atoms with Crippen LogP contribution in [-0.4, -0.2) is 18.8 Å². The van der Waals surface area contributed by atoms with Crippen LogP contribution in [0.3, 0.4) is 0 Å². The lowest BCUT2D eigenvalue weighted by atomic mass is 10.2. The Hall–Kier alpha value is -1.22. The first-order valence-corrected chi connectivity index (χ1v) is 5.29. The molecule has 1 fully saturated rings. The van der Waals surface area contributed by atoms with Gasteiger partial charge in [0, 0.05) is 12.3 Å². The van der Waals surface area contributed by atoms with Gasteiger partial charge in [-0.3, -0.25) is 4.99 Å². The molecule has 1 aromatic rings. The fourth-order valence-corrected chi connectivity index (χ4v) is 1.77. The molecule has 0 amide bonds. The second-order valence-corrected chi connectivity index (χ2v) is 3.91. The molecule has 2 rings (SSSR count). The Bertz CT molecular complexity index is 368. The van der Waals surface area contributed by atoms with E-state index in [1.807, 2.05) is 13.1 Å². The molecular weight excluding hydrogens is 191 g/mol. The molecule has 1 heterocycles. The van der Waals surface area contributed by atoms with Crippen molar-refractivity contribution in [2.45, 2.75) is 25.8 Å². The van der Waals surface area contributed by atoms with E-state index in [0.29, 0.717) is 6.04 Å². The van der Waals surface area contributed by atoms with Crippen LogP contribution in [0.4, 0.5) is 10.1 Å². The van der Waals surface area contributed by atoms with E-state index in [9.17, 15) is 4.39 Å². The van der Waals surface area contributed by atoms with E-state index in [4.69, 9.17) is 0 Å². The molecule has 15 heavy (non-hydrogen) atoms. The van der Waals surface area contributed by atoms with Gasteiger partial charge in [-0.15, -0.1) is 0 Å². The number of nitrogens with zero attached hydrogens (tertiary/aromatic N) is 1. The van der Waals surface area contributed by atoms with E-state index in [1.54, 1.807) is 6.07 Å². The van der Waals surface area contributed by atoms with Crippen LogP contribution in [0.2, 0.25) is 0 Å². The fraction of sp³-hybridized carbons (Fsp3) is 0.417. The highest BCUT2D eigenvalue weighted by Gasteiger charge is 2.10. The van der Waals surface area contributed by atoms with Gasteiger partial charge in [-0.2, -0.15) is 0 Å². The number of aryl methyl sites for hydroxylation is 1. The van der Waals surface area contributed by atoms with Gasteiger partial charge in [0.25, 0.3) is 0 Å². The van der Waals surface area contributed by atoms with Crippen molar-refractivity contribution in [1.29, 1.82) is 0 Å². The van der Waals surface area contributed by atoms with Crippen molar-refractivity contribution in [3.8, 4) is 0 Å². The van der Waals surface area contributed by atoms with E-state index < -0.39 is 0 Å². The molecule has 1 saturated heterocycles. The molecule has 1 N–H and O–H groups in total. The Labute approximate surface area is 89.2 Å². The topological polar surface area (TPSA) is 24.4 Å². The minimum atomic E-state index is -0.203. The summed E-state index contributed by atoms with van der Waals surface area (Å²) in [5, 5.41) is 3.33. The molecule has 0 radical (unpaired) electrons. The Kier molecular flexibility index (Phi) is 3.11. The van der Waals surface area contributed by atoms with Gasteiger partial charge in [-0.1, -0.05) is 0 Å². The summed E-state index contributed by atoms with van der Waals surface area (Å²) in [4.78, 5) is 4.37. The number of benzene rings is 1. The van der Waals surface area contributed by atoms with Crippen molar-refractivity contribution < 1.29 is 4.39 Å². The van der Waals surface area contributed by atoms with Crippen LogP contribution in [0.1, 0.15) is 18.4 Å². The molecule has 1 aromatic carbocycles. The second kappa shape index (κ2) is 4.53. The summed E-state index contributed by atoms with van der Waals surface area (Å²) < 4.78 is 12.8. The van der Waals surface area contributed by atoms with Crippen LogP contribution < -0.4 is 5.32 Å². The highest BCUT2D eigenvalue weighted by molar-refractivity contribution is 5.70. The molecule has 0 spiro atoms. The lowest BCUT2D eigenvalue weighted by molar-refractivity contribution is 0.627. The molecule has 80 valence electrons. The van der Waals surface area contributed by atoms with Gasteiger partial charge in [-0.25, -0.2) is 4.39 Å². The number of rotatable bonds is 2. The number of hydrogen-bond donors (Lipinski definition) is 1. The van der Waals surface area contributed by atoms with Crippen LogP contribution >= 0.6 is 0 Å². The fourth-order valence-electron chi connectivity index (χ4n) is 1.77. The first kappa shape index (κ1) is 10.3. The average molecular weight is 206 g/mol. The number of nitrogens with one attached hydrogen (secondary N) is 1. The Morgan fingerprint density at radius 1 is 1.53 bits per heavy atom. The molecule has 0 aromatic heterocycles. The molecule has 1 aliphatic heterocycles. The molecule has 1 atom stereocenters. The summed E-state index contributed by atoms with van der Waals surface area (Å²) in [7, 11) is 0. The minimum Gasteiger partial charge on any atom is -0.309 e. The third kappa shape index (κ3) is 2.63. The quantitative estimate of drug-likeness (QED) is 0.739. The highest BCUT2D eigenvalue weighted by Crippen LogP contribution is 2.19. The largest absolute Gasteiger partial charge is 0.309 e. The molecule has 0 aliphatic carbocycles. The summed E-state index contributed by atoms with van der Waals surface area (Å²) in [6.45, 7) is 2.94. The van der Waals surface area contributed by atoms with Gasteiger partial charge in [0.05, 0.1) is 5.69 Å². The van der Waals surface area contributed by atoms with E-state index >= 15 is 0 Å². The zero-order valence-corrected chi connectivity index (χ0v) is 8.83. The van der Waals surface area contributed by atoms with Gasteiger partial charge in [0.15, 0.2) is 0 Å². The van der Waals surface area contributed by atoms with E-state index in [-0.39, 0.29) is 5.82 Å². The summed E-state index contributed by atoms with van der Waals surface area (Å²) in [5.74, 6) is -0.203. The van der Waals surface area contributed by atoms with Gasteiger partial charge in [0.1, 0.15) is 5.82 Å². The van der Waals surface area contributed by atoms with Crippen LogP contribution in [0.5, 0.6) is 0 Å². The van der Waals surface area contributed by atoms with Crippen LogP contribution in [0.15, 0.2) is 23.2 Å². The minimum absolute atomic E-state index is 0.203.